The Morgan fingerprint density at radius 3 is 2.80 bits per heavy atom. The van der Waals surface area contributed by atoms with Crippen LogP contribution in [0.5, 0.6) is 0 Å². The van der Waals surface area contributed by atoms with Crippen LogP contribution in [-0.4, -0.2) is 22.8 Å². The molecule has 6 heteroatoms. The molecule has 1 aromatic heterocycles. The first-order chi connectivity index (χ1) is 12.0. The summed E-state index contributed by atoms with van der Waals surface area (Å²) in [6.07, 6.45) is 0.201. The topological polar surface area (TPSA) is 33.2 Å². The van der Waals surface area contributed by atoms with Crippen molar-refractivity contribution in [2.45, 2.75) is 13.0 Å². The summed E-state index contributed by atoms with van der Waals surface area (Å²) in [5, 5.41) is 3.18. The van der Waals surface area contributed by atoms with E-state index in [0.29, 0.717) is 27.8 Å². The number of hydrogen-bond acceptors (Lipinski definition) is 3. The van der Waals surface area contributed by atoms with E-state index in [2.05, 4.69) is 4.98 Å². The molecule has 0 radical (unpaired) electrons. The number of likely N-dealkylation sites (N-methyl/N-ethyl adjacent to an activating group) is 1. The van der Waals surface area contributed by atoms with Gasteiger partial charge in [0.1, 0.15) is 10.8 Å². The second-order valence-electron chi connectivity index (χ2n) is 5.67. The van der Waals surface area contributed by atoms with Crippen LogP contribution in [0.15, 0.2) is 53.9 Å². The number of aromatic nitrogens is 1. The Morgan fingerprint density at radius 1 is 1.24 bits per heavy atom. The molecule has 1 amide bonds. The van der Waals surface area contributed by atoms with Crippen molar-refractivity contribution in [2.75, 3.05) is 7.05 Å². The first kappa shape index (κ1) is 17.6. The number of nitrogens with zero attached hydrogens (tertiary/aromatic N) is 2. The van der Waals surface area contributed by atoms with Crippen molar-refractivity contribution in [3.8, 4) is 10.6 Å². The fourth-order valence-corrected chi connectivity index (χ4v) is 3.41. The molecule has 0 atom stereocenters. The molecule has 1 heterocycles. The van der Waals surface area contributed by atoms with Crippen molar-refractivity contribution in [2.24, 2.45) is 0 Å². The average molecular weight is 375 g/mol. The molecule has 0 unspecified atom stereocenters. The number of amides is 1. The molecule has 0 aliphatic heterocycles. The number of halogens is 2. The number of rotatable bonds is 5. The zero-order valence-corrected chi connectivity index (χ0v) is 15.1. The summed E-state index contributed by atoms with van der Waals surface area (Å²) in [6, 6.07) is 13.7. The largest absolute Gasteiger partial charge is 0.341 e. The number of benzene rings is 2. The van der Waals surface area contributed by atoms with Gasteiger partial charge in [0, 0.05) is 29.6 Å². The first-order valence-corrected chi connectivity index (χ1v) is 8.96. The van der Waals surface area contributed by atoms with Crippen molar-refractivity contribution in [3.63, 3.8) is 0 Å². The Hall–Kier alpha value is -2.24. The fourth-order valence-electron chi connectivity index (χ4n) is 2.40. The minimum atomic E-state index is -0.301. The predicted octanol–water partition coefficient (Wildman–Crippen LogP) is 4.80. The van der Waals surface area contributed by atoms with Gasteiger partial charge in [-0.25, -0.2) is 9.37 Å². The number of hydrogen-bond donors (Lipinski definition) is 0. The molecule has 3 aromatic rings. The second-order valence-corrected chi connectivity index (χ2v) is 6.94. The van der Waals surface area contributed by atoms with Crippen LogP contribution in [0.25, 0.3) is 10.6 Å². The molecule has 0 fully saturated rings. The summed E-state index contributed by atoms with van der Waals surface area (Å²) in [5.41, 5.74) is 2.30. The zero-order chi connectivity index (χ0) is 17.8. The van der Waals surface area contributed by atoms with Crippen LogP contribution >= 0.6 is 22.9 Å². The van der Waals surface area contributed by atoms with E-state index in [0.717, 1.165) is 5.56 Å². The highest BCUT2D eigenvalue weighted by molar-refractivity contribution is 7.13. The summed E-state index contributed by atoms with van der Waals surface area (Å²) in [5.74, 6) is -0.346. The lowest BCUT2D eigenvalue weighted by atomic mass is 10.2. The summed E-state index contributed by atoms with van der Waals surface area (Å²) >= 11 is 7.54. The van der Waals surface area contributed by atoms with Gasteiger partial charge in [0.25, 0.3) is 0 Å². The maximum atomic E-state index is 13.3. The number of carbonyl (C=O) groups excluding carboxylic acids is 1. The summed E-state index contributed by atoms with van der Waals surface area (Å²) in [6.45, 7) is 0.444. The van der Waals surface area contributed by atoms with E-state index in [-0.39, 0.29) is 18.1 Å². The van der Waals surface area contributed by atoms with Crippen molar-refractivity contribution >= 4 is 28.8 Å². The summed E-state index contributed by atoms with van der Waals surface area (Å²) < 4.78 is 13.3. The van der Waals surface area contributed by atoms with Crippen LogP contribution in [0.3, 0.4) is 0 Å². The highest BCUT2D eigenvalue weighted by Gasteiger charge is 2.14. The molecule has 0 aliphatic rings. The maximum Gasteiger partial charge on any atom is 0.228 e. The Morgan fingerprint density at radius 2 is 2.04 bits per heavy atom. The van der Waals surface area contributed by atoms with E-state index < -0.39 is 0 Å². The van der Waals surface area contributed by atoms with Gasteiger partial charge in [-0.3, -0.25) is 4.79 Å². The van der Waals surface area contributed by atoms with Gasteiger partial charge in [-0.1, -0.05) is 41.9 Å². The SMILES string of the molecule is CN(Cc1ccccc1Cl)C(=O)Cc1csc(-c2cccc(F)c2)n1. The molecule has 0 saturated carbocycles. The van der Waals surface area contributed by atoms with Crippen molar-refractivity contribution < 1.29 is 9.18 Å². The normalized spacial score (nSPS) is 10.7. The lowest BCUT2D eigenvalue weighted by Gasteiger charge is -2.17. The van der Waals surface area contributed by atoms with Crippen LogP contribution in [0, 0.1) is 5.82 Å². The molecule has 0 N–H and O–H groups in total. The van der Waals surface area contributed by atoms with Crippen LogP contribution in [0.2, 0.25) is 5.02 Å². The smallest absolute Gasteiger partial charge is 0.228 e. The lowest BCUT2D eigenvalue weighted by Crippen LogP contribution is -2.27. The lowest BCUT2D eigenvalue weighted by molar-refractivity contribution is -0.129. The van der Waals surface area contributed by atoms with Gasteiger partial charge in [0.05, 0.1) is 12.1 Å². The maximum absolute atomic E-state index is 13.3. The molecule has 3 rings (SSSR count). The van der Waals surface area contributed by atoms with Crippen molar-refractivity contribution in [1.82, 2.24) is 9.88 Å². The second kappa shape index (κ2) is 7.76. The molecule has 0 saturated heterocycles. The van der Waals surface area contributed by atoms with E-state index in [9.17, 15) is 9.18 Å². The molecule has 2 aromatic carbocycles. The Balaban J connectivity index is 1.66. The molecular weight excluding hydrogens is 359 g/mol. The molecule has 25 heavy (non-hydrogen) atoms. The minimum absolute atomic E-state index is 0.0454. The molecule has 0 aliphatic carbocycles. The highest BCUT2D eigenvalue weighted by Crippen LogP contribution is 2.25. The summed E-state index contributed by atoms with van der Waals surface area (Å²) in [7, 11) is 1.74. The molecular formula is C19H16ClFN2OS. The monoisotopic (exact) mass is 374 g/mol. The summed E-state index contributed by atoms with van der Waals surface area (Å²) in [4.78, 5) is 18.5. The van der Waals surface area contributed by atoms with Crippen LogP contribution in [0.4, 0.5) is 4.39 Å². The third kappa shape index (κ3) is 4.44. The quantitative estimate of drug-likeness (QED) is 0.642. The van der Waals surface area contributed by atoms with E-state index in [1.54, 1.807) is 30.1 Å². The van der Waals surface area contributed by atoms with Crippen LogP contribution < -0.4 is 0 Å². The van der Waals surface area contributed by atoms with E-state index in [1.165, 1.54) is 23.5 Å². The van der Waals surface area contributed by atoms with Crippen molar-refractivity contribution in [3.05, 3.63) is 76.0 Å². The molecule has 0 spiro atoms. The van der Waals surface area contributed by atoms with Gasteiger partial charge in [0.15, 0.2) is 0 Å². The Bertz CT molecular complexity index is 896. The Kier molecular flexibility index (Phi) is 5.46. The van der Waals surface area contributed by atoms with Gasteiger partial charge >= 0.3 is 0 Å². The van der Waals surface area contributed by atoms with Crippen molar-refractivity contribution in [1.29, 1.82) is 0 Å². The molecule has 128 valence electrons. The average Bonchev–Trinajstić information content (AvgIpc) is 3.05. The van der Waals surface area contributed by atoms with Gasteiger partial charge in [-0.15, -0.1) is 11.3 Å². The van der Waals surface area contributed by atoms with E-state index in [4.69, 9.17) is 11.6 Å². The van der Waals surface area contributed by atoms with Gasteiger partial charge in [-0.05, 0) is 23.8 Å². The highest BCUT2D eigenvalue weighted by atomic mass is 35.5. The van der Waals surface area contributed by atoms with Crippen LogP contribution in [0.1, 0.15) is 11.3 Å². The van der Waals surface area contributed by atoms with Gasteiger partial charge in [-0.2, -0.15) is 0 Å². The standard InChI is InChI=1S/C19H16ClFN2OS/c1-23(11-14-5-2-3-8-17(14)20)18(24)10-16-12-25-19(22-16)13-6-4-7-15(21)9-13/h2-9,12H,10-11H2,1H3. The number of carbonyl (C=O) groups is 1. The fraction of sp³-hybridized carbons (Fsp3) is 0.158. The van der Waals surface area contributed by atoms with E-state index in [1.807, 2.05) is 23.6 Å². The van der Waals surface area contributed by atoms with Gasteiger partial charge in [0.2, 0.25) is 5.91 Å². The molecule has 3 nitrogen and oxygen atoms in total. The van der Waals surface area contributed by atoms with Gasteiger partial charge < -0.3 is 4.90 Å². The predicted molar refractivity (Wildman–Crippen MR) is 99.1 cm³/mol. The zero-order valence-electron chi connectivity index (χ0n) is 13.6. The molecule has 0 bridgehead atoms. The van der Waals surface area contributed by atoms with E-state index >= 15 is 0 Å². The third-order valence-corrected chi connectivity index (χ3v) is 5.06. The number of thiazole rings is 1. The first-order valence-electron chi connectivity index (χ1n) is 7.70. The Labute approximate surface area is 154 Å². The minimum Gasteiger partial charge on any atom is -0.341 e. The van der Waals surface area contributed by atoms with Crippen LogP contribution in [-0.2, 0) is 17.8 Å². The third-order valence-electron chi connectivity index (χ3n) is 3.75.